The summed E-state index contributed by atoms with van der Waals surface area (Å²) in [6, 6.07) is 7.12. The molecule has 0 spiro atoms. The van der Waals surface area contributed by atoms with Crippen molar-refractivity contribution in [2.45, 2.75) is 25.7 Å². The van der Waals surface area contributed by atoms with Gasteiger partial charge in [0.1, 0.15) is 5.82 Å². The summed E-state index contributed by atoms with van der Waals surface area (Å²) in [6.45, 7) is 5.22. The van der Waals surface area contributed by atoms with Crippen molar-refractivity contribution in [2.24, 2.45) is 0 Å². The fraction of sp³-hybridized carbons (Fsp3) is 0.200. The van der Waals surface area contributed by atoms with E-state index in [9.17, 15) is 12.8 Å². The normalized spacial score (nSPS) is 11.4. The van der Waals surface area contributed by atoms with Crippen LogP contribution in [0, 0.1) is 26.6 Å². The SMILES string of the molecule is Cc1ccc(NS(=O)(=O)c2cc(C)c(C)c(N)c2)cc1F. The molecule has 21 heavy (non-hydrogen) atoms. The van der Waals surface area contributed by atoms with Crippen LogP contribution in [0.2, 0.25) is 0 Å². The Balaban J connectivity index is 2.40. The number of anilines is 2. The molecule has 2 rings (SSSR count). The van der Waals surface area contributed by atoms with E-state index in [1.54, 1.807) is 19.9 Å². The van der Waals surface area contributed by atoms with Crippen LogP contribution < -0.4 is 10.5 Å². The number of rotatable bonds is 3. The molecule has 0 saturated carbocycles. The largest absolute Gasteiger partial charge is 0.398 e. The van der Waals surface area contributed by atoms with Crippen molar-refractivity contribution < 1.29 is 12.8 Å². The topological polar surface area (TPSA) is 72.2 Å². The van der Waals surface area contributed by atoms with Crippen LogP contribution >= 0.6 is 0 Å². The van der Waals surface area contributed by atoms with Crippen LogP contribution in [0.1, 0.15) is 16.7 Å². The summed E-state index contributed by atoms with van der Waals surface area (Å²) in [5.41, 5.74) is 8.46. The first-order chi connectivity index (χ1) is 9.70. The lowest BCUT2D eigenvalue weighted by molar-refractivity contribution is 0.601. The van der Waals surface area contributed by atoms with Gasteiger partial charge in [0.05, 0.1) is 10.6 Å². The van der Waals surface area contributed by atoms with Crippen LogP contribution in [0.4, 0.5) is 15.8 Å². The third kappa shape index (κ3) is 3.16. The molecule has 0 unspecified atom stereocenters. The molecule has 0 fully saturated rings. The van der Waals surface area contributed by atoms with E-state index in [1.165, 1.54) is 18.2 Å². The van der Waals surface area contributed by atoms with Gasteiger partial charge in [0.25, 0.3) is 10.0 Å². The molecule has 0 bridgehead atoms. The maximum Gasteiger partial charge on any atom is 0.261 e. The second-order valence-corrected chi connectivity index (χ2v) is 6.71. The molecule has 0 radical (unpaired) electrons. The van der Waals surface area contributed by atoms with E-state index in [4.69, 9.17) is 5.73 Å². The first-order valence-corrected chi connectivity index (χ1v) is 7.85. The third-order valence-electron chi connectivity index (χ3n) is 3.42. The average Bonchev–Trinajstić information content (AvgIpc) is 2.39. The van der Waals surface area contributed by atoms with E-state index in [0.29, 0.717) is 11.3 Å². The number of hydrogen-bond acceptors (Lipinski definition) is 3. The van der Waals surface area contributed by atoms with Gasteiger partial charge in [-0.2, -0.15) is 0 Å². The van der Waals surface area contributed by atoms with Crippen molar-refractivity contribution in [3.05, 3.63) is 52.8 Å². The predicted molar refractivity (Wildman–Crippen MR) is 82.3 cm³/mol. The Labute approximate surface area is 123 Å². The van der Waals surface area contributed by atoms with Gasteiger partial charge in [0.15, 0.2) is 0 Å². The van der Waals surface area contributed by atoms with Gasteiger partial charge >= 0.3 is 0 Å². The van der Waals surface area contributed by atoms with Crippen LogP contribution in [0.25, 0.3) is 0 Å². The number of nitrogens with two attached hydrogens (primary N) is 1. The zero-order chi connectivity index (χ0) is 15.8. The van der Waals surface area contributed by atoms with Gasteiger partial charge in [-0.15, -0.1) is 0 Å². The number of hydrogen-bond donors (Lipinski definition) is 2. The molecule has 0 aliphatic heterocycles. The van der Waals surface area contributed by atoms with Crippen LogP contribution in [-0.2, 0) is 10.0 Å². The van der Waals surface area contributed by atoms with Crippen molar-refractivity contribution in [2.75, 3.05) is 10.5 Å². The van der Waals surface area contributed by atoms with Crippen LogP contribution in [0.15, 0.2) is 35.2 Å². The Kier molecular flexibility index (Phi) is 3.91. The number of benzene rings is 2. The van der Waals surface area contributed by atoms with Crippen molar-refractivity contribution in [1.29, 1.82) is 0 Å². The van der Waals surface area contributed by atoms with E-state index < -0.39 is 15.8 Å². The lowest BCUT2D eigenvalue weighted by atomic mass is 10.1. The van der Waals surface area contributed by atoms with Gasteiger partial charge in [-0.05, 0) is 61.7 Å². The molecule has 0 aliphatic rings. The fourth-order valence-corrected chi connectivity index (χ4v) is 3.05. The minimum absolute atomic E-state index is 0.0593. The molecule has 0 amide bonds. The Morgan fingerprint density at radius 2 is 1.71 bits per heavy atom. The molecular weight excluding hydrogens is 291 g/mol. The van der Waals surface area contributed by atoms with Gasteiger partial charge in [0, 0.05) is 5.69 Å². The van der Waals surface area contributed by atoms with E-state index in [1.807, 2.05) is 6.92 Å². The van der Waals surface area contributed by atoms with Crippen LogP contribution in [0.5, 0.6) is 0 Å². The highest BCUT2D eigenvalue weighted by Gasteiger charge is 2.17. The van der Waals surface area contributed by atoms with Crippen molar-refractivity contribution in [3.63, 3.8) is 0 Å². The Bertz CT molecular complexity index is 778. The number of aryl methyl sites for hydroxylation is 2. The van der Waals surface area contributed by atoms with Gasteiger partial charge < -0.3 is 5.73 Å². The Morgan fingerprint density at radius 1 is 1.05 bits per heavy atom. The molecule has 0 atom stereocenters. The van der Waals surface area contributed by atoms with Crippen molar-refractivity contribution in [1.82, 2.24) is 0 Å². The highest BCUT2D eigenvalue weighted by molar-refractivity contribution is 7.92. The summed E-state index contributed by atoms with van der Waals surface area (Å²) in [4.78, 5) is 0.0593. The highest BCUT2D eigenvalue weighted by Crippen LogP contribution is 2.24. The number of nitrogens with one attached hydrogen (secondary N) is 1. The summed E-state index contributed by atoms with van der Waals surface area (Å²) < 4.78 is 40.5. The Morgan fingerprint density at radius 3 is 2.29 bits per heavy atom. The monoisotopic (exact) mass is 308 g/mol. The molecule has 4 nitrogen and oxygen atoms in total. The number of sulfonamides is 1. The summed E-state index contributed by atoms with van der Waals surface area (Å²) in [5, 5.41) is 0. The fourth-order valence-electron chi connectivity index (χ4n) is 1.88. The lowest BCUT2D eigenvalue weighted by Crippen LogP contribution is -2.14. The number of halogens is 1. The molecule has 2 aromatic carbocycles. The molecule has 0 aliphatic carbocycles. The second kappa shape index (κ2) is 5.37. The van der Waals surface area contributed by atoms with Crippen LogP contribution in [-0.4, -0.2) is 8.42 Å². The molecule has 2 aromatic rings. The minimum Gasteiger partial charge on any atom is -0.398 e. The molecule has 0 heterocycles. The van der Waals surface area contributed by atoms with Crippen LogP contribution in [0.3, 0.4) is 0 Å². The zero-order valence-corrected chi connectivity index (χ0v) is 12.9. The summed E-state index contributed by atoms with van der Waals surface area (Å²) >= 11 is 0. The molecule has 0 aromatic heterocycles. The zero-order valence-electron chi connectivity index (χ0n) is 12.1. The predicted octanol–water partition coefficient (Wildman–Crippen LogP) is 3.13. The van der Waals surface area contributed by atoms with E-state index in [-0.39, 0.29) is 10.6 Å². The molecule has 6 heteroatoms. The molecule has 0 saturated heterocycles. The van der Waals surface area contributed by atoms with Gasteiger partial charge in [0.2, 0.25) is 0 Å². The Hall–Kier alpha value is -2.08. The van der Waals surface area contributed by atoms with Gasteiger partial charge in [-0.1, -0.05) is 6.07 Å². The molecular formula is C15H17FN2O2S. The van der Waals surface area contributed by atoms with Gasteiger partial charge in [-0.25, -0.2) is 12.8 Å². The maximum absolute atomic E-state index is 13.5. The third-order valence-corrected chi connectivity index (χ3v) is 4.78. The first-order valence-electron chi connectivity index (χ1n) is 6.36. The lowest BCUT2D eigenvalue weighted by Gasteiger charge is -2.12. The van der Waals surface area contributed by atoms with Crippen molar-refractivity contribution in [3.8, 4) is 0 Å². The van der Waals surface area contributed by atoms with E-state index >= 15 is 0 Å². The average molecular weight is 308 g/mol. The second-order valence-electron chi connectivity index (χ2n) is 5.02. The standard InChI is InChI=1S/C15H17FN2O2S/c1-9-4-5-12(7-14(9)16)18-21(19,20)13-6-10(2)11(3)15(17)8-13/h4-8,18H,17H2,1-3H3. The summed E-state index contributed by atoms with van der Waals surface area (Å²) in [7, 11) is -3.80. The van der Waals surface area contributed by atoms with Gasteiger partial charge in [-0.3, -0.25) is 4.72 Å². The maximum atomic E-state index is 13.5. The van der Waals surface area contributed by atoms with Crippen molar-refractivity contribution >= 4 is 21.4 Å². The number of nitrogen functional groups attached to an aromatic ring is 1. The summed E-state index contributed by atoms with van der Waals surface area (Å²) in [6.07, 6.45) is 0. The van der Waals surface area contributed by atoms with E-state index in [0.717, 1.165) is 17.2 Å². The van der Waals surface area contributed by atoms with E-state index in [2.05, 4.69) is 4.72 Å². The molecule has 112 valence electrons. The minimum atomic E-state index is -3.80. The first kappa shape index (κ1) is 15.3. The quantitative estimate of drug-likeness (QED) is 0.856. The highest BCUT2D eigenvalue weighted by atomic mass is 32.2. The smallest absolute Gasteiger partial charge is 0.261 e. The molecule has 3 N–H and O–H groups in total. The summed E-state index contributed by atoms with van der Waals surface area (Å²) in [5.74, 6) is -0.463.